The molecule has 1 aliphatic rings. The first kappa shape index (κ1) is 16.8. The first-order valence-electron chi connectivity index (χ1n) is 9.56. The Morgan fingerprint density at radius 3 is 2.69 bits per heavy atom. The van der Waals surface area contributed by atoms with Crippen LogP contribution in [0.2, 0.25) is 0 Å². The van der Waals surface area contributed by atoms with E-state index in [4.69, 9.17) is 4.98 Å². The van der Waals surface area contributed by atoms with Crippen molar-refractivity contribution in [3.8, 4) is 0 Å². The lowest BCUT2D eigenvalue weighted by atomic mass is 10.1. The minimum Gasteiger partial charge on any atom is -0.333 e. The second-order valence-corrected chi connectivity index (χ2v) is 6.94. The van der Waals surface area contributed by atoms with E-state index in [0.29, 0.717) is 6.42 Å². The van der Waals surface area contributed by atoms with Crippen LogP contribution in [-0.2, 0) is 17.8 Å². The number of amides is 1. The molecule has 4 nitrogen and oxygen atoms in total. The van der Waals surface area contributed by atoms with Gasteiger partial charge in [-0.2, -0.15) is 0 Å². The predicted molar refractivity (Wildman–Crippen MR) is 104 cm³/mol. The van der Waals surface area contributed by atoms with Gasteiger partial charge in [0.1, 0.15) is 5.82 Å². The van der Waals surface area contributed by atoms with Gasteiger partial charge < -0.3 is 9.47 Å². The second kappa shape index (κ2) is 7.32. The summed E-state index contributed by atoms with van der Waals surface area (Å²) in [7, 11) is 0. The third-order valence-electron chi connectivity index (χ3n) is 5.32. The molecule has 26 heavy (non-hydrogen) atoms. The number of likely N-dealkylation sites (tertiary alicyclic amines) is 1. The quantitative estimate of drug-likeness (QED) is 0.688. The number of carbonyl (C=O) groups is 1. The van der Waals surface area contributed by atoms with E-state index in [1.165, 1.54) is 5.56 Å². The minimum atomic E-state index is 0.102. The fraction of sp³-hybridized carbons (Fsp3) is 0.364. The number of nitrogens with zero attached hydrogens (tertiary/aromatic N) is 3. The van der Waals surface area contributed by atoms with Crippen molar-refractivity contribution in [3.63, 3.8) is 0 Å². The van der Waals surface area contributed by atoms with Crippen LogP contribution in [0.5, 0.6) is 0 Å². The van der Waals surface area contributed by atoms with Crippen molar-refractivity contribution in [1.82, 2.24) is 14.5 Å². The number of fused-ring (bicyclic) bond motifs is 1. The van der Waals surface area contributed by atoms with Gasteiger partial charge in [0, 0.05) is 19.5 Å². The van der Waals surface area contributed by atoms with E-state index in [9.17, 15) is 4.79 Å². The summed E-state index contributed by atoms with van der Waals surface area (Å²) in [5.41, 5.74) is 3.50. The van der Waals surface area contributed by atoms with Crippen LogP contribution in [-0.4, -0.2) is 26.9 Å². The molecule has 0 saturated carbocycles. The Kier molecular flexibility index (Phi) is 4.74. The Morgan fingerprint density at radius 2 is 1.88 bits per heavy atom. The summed E-state index contributed by atoms with van der Waals surface area (Å²) in [5, 5.41) is 0. The van der Waals surface area contributed by atoms with Crippen molar-refractivity contribution in [2.24, 2.45) is 0 Å². The molecule has 4 heteroatoms. The van der Waals surface area contributed by atoms with Crippen molar-refractivity contribution in [1.29, 1.82) is 0 Å². The lowest BCUT2D eigenvalue weighted by Gasteiger charge is -2.25. The SMILES string of the molecule is CCC(=O)N1CCCC1c1nc2ccccc2n1CCc1ccccc1. The molecule has 2 aromatic carbocycles. The third kappa shape index (κ3) is 3.12. The van der Waals surface area contributed by atoms with E-state index in [-0.39, 0.29) is 11.9 Å². The predicted octanol–water partition coefficient (Wildman–Crippen LogP) is 4.35. The molecular weight excluding hydrogens is 322 g/mol. The van der Waals surface area contributed by atoms with Gasteiger partial charge in [-0.3, -0.25) is 4.79 Å². The van der Waals surface area contributed by atoms with E-state index in [2.05, 4.69) is 47.0 Å². The summed E-state index contributed by atoms with van der Waals surface area (Å²) < 4.78 is 2.33. The molecule has 3 aromatic rings. The number of carbonyl (C=O) groups excluding carboxylic acids is 1. The van der Waals surface area contributed by atoms with Crippen molar-refractivity contribution >= 4 is 16.9 Å². The number of aryl methyl sites for hydroxylation is 2. The summed E-state index contributed by atoms with van der Waals surface area (Å²) in [6.07, 6.45) is 3.57. The first-order chi connectivity index (χ1) is 12.8. The minimum absolute atomic E-state index is 0.102. The molecule has 1 saturated heterocycles. The largest absolute Gasteiger partial charge is 0.333 e. The van der Waals surface area contributed by atoms with Gasteiger partial charge in [-0.05, 0) is 37.0 Å². The van der Waals surface area contributed by atoms with E-state index in [1.54, 1.807) is 0 Å². The van der Waals surface area contributed by atoms with E-state index in [1.807, 2.05) is 24.0 Å². The van der Waals surface area contributed by atoms with Crippen molar-refractivity contribution < 1.29 is 4.79 Å². The van der Waals surface area contributed by atoms with Crippen LogP contribution < -0.4 is 0 Å². The van der Waals surface area contributed by atoms with Crippen LogP contribution in [0, 0.1) is 0 Å². The number of para-hydroxylation sites is 2. The van der Waals surface area contributed by atoms with Crippen molar-refractivity contribution in [2.75, 3.05) is 6.54 Å². The normalized spacial score (nSPS) is 17.1. The first-order valence-corrected chi connectivity index (χ1v) is 9.56. The van der Waals surface area contributed by atoms with Gasteiger partial charge in [-0.25, -0.2) is 4.98 Å². The zero-order chi connectivity index (χ0) is 17.9. The van der Waals surface area contributed by atoms with Gasteiger partial charge in [0.2, 0.25) is 5.91 Å². The van der Waals surface area contributed by atoms with E-state index < -0.39 is 0 Å². The smallest absolute Gasteiger partial charge is 0.222 e. The molecule has 2 heterocycles. The summed E-state index contributed by atoms with van der Waals surface area (Å²) in [6, 6.07) is 19.0. The fourth-order valence-electron chi connectivity index (χ4n) is 4.01. The molecule has 1 unspecified atom stereocenters. The average Bonchev–Trinajstić information content (AvgIpc) is 3.31. The summed E-state index contributed by atoms with van der Waals surface area (Å²) in [5.74, 6) is 1.27. The Hall–Kier alpha value is -2.62. The lowest BCUT2D eigenvalue weighted by molar-refractivity contribution is -0.131. The van der Waals surface area contributed by atoms with Crippen LogP contribution in [0.4, 0.5) is 0 Å². The molecule has 1 aromatic heterocycles. The average molecular weight is 347 g/mol. The van der Waals surface area contributed by atoms with Crippen LogP contribution in [0.15, 0.2) is 54.6 Å². The number of rotatable bonds is 5. The van der Waals surface area contributed by atoms with E-state index in [0.717, 1.165) is 49.2 Å². The molecule has 1 atom stereocenters. The summed E-state index contributed by atoms with van der Waals surface area (Å²) in [6.45, 7) is 3.67. The molecule has 1 fully saturated rings. The summed E-state index contributed by atoms with van der Waals surface area (Å²) in [4.78, 5) is 19.4. The highest BCUT2D eigenvalue weighted by molar-refractivity contribution is 5.78. The van der Waals surface area contributed by atoms with E-state index >= 15 is 0 Å². The standard InChI is InChI=1S/C22H25N3O/c1-2-21(26)24-15-8-13-20(24)22-23-18-11-6-7-12-19(18)25(22)16-14-17-9-4-3-5-10-17/h3-7,9-12,20H,2,8,13-16H2,1H3. The number of benzene rings is 2. The molecule has 0 radical (unpaired) electrons. The molecule has 1 aliphatic heterocycles. The van der Waals surface area contributed by atoms with Gasteiger partial charge in [0.25, 0.3) is 0 Å². The monoisotopic (exact) mass is 347 g/mol. The molecule has 0 aliphatic carbocycles. The van der Waals surface area contributed by atoms with Crippen molar-refractivity contribution in [3.05, 3.63) is 66.0 Å². The number of hydrogen-bond donors (Lipinski definition) is 0. The second-order valence-electron chi connectivity index (χ2n) is 6.94. The molecule has 4 rings (SSSR count). The number of imidazole rings is 1. The van der Waals surface area contributed by atoms with Crippen LogP contribution in [0.25, 0.3) is 11.0 Å². The van der Waals surface area contributed by atoms with Gasteiger partial charge in [0.05, 0.1) is 17.1 Å². The highest BCUT2D eigenvalue weighted by Gasteiger charge is 2.32. The zero-order valence-electron chi connectivity index (χ0n) is 15.3. The molecular formula is C22H25N3O. The Morgan fingerprint density at radius 1 is 1.12 bits per heavy atom. The van der Waals surface area contributed by atoms with Crippen LogP contribution in [0.3, 0.4) is 0 Å². The number of aromatic nitrogens is 2. The summed E-state index contributed by atoms with van der Waals surface area (Å²) >= 11 is 0. The maximum absolute atomic E-state index is 12.4. The highest BCUT2D eigenvalue weighted by Crippen LogP contribution is 2.34. The van der Waals surface area contributed by atoms with Gasteiger partial charge in [-0.1, -0.05) is 49.4 Å². The maximum atomic E-state index is 12.4. The third-order valence-corrected chi connectivity index (χ3v) is 5.32. The van der Waals surface area contributed by atoms with Gasteiger partial charge in [0.15, 0.2) is 0 Å². The zero-order valence-corrected chi connectivity index (χ0v) is 15.3. The molecule has 0 N–H and O–H groups in total. The Balaban J connectivity index is 1.71. The van der Waals surface area contributed by atoms with Gasteiger partial charge in [-0.15, -0.1) is 0 Å². The molecule has 1 amide bonds. The maximum Gasteiger partial charge on any atom is 0.222 e. The van der Waals surface area contributed by atoms with Gasteiger partial charge >= 0.3 is 0 Å². The van der Waals surface area contributed by atoms with Crippen LogP contribution >= 0.6 is 0 Å². The molecule has 134 valence electrons. The Labute approximate surface area is 154 Å². The van der Waals surface area contributed by atoms with Crippen molar-refractivity contribution in [2.45, 2.75) is 45.2 Å². The van der Waals surface area contributed by atoms with Crippen LogP contribution in [0.1, 0.15) is 43.6 Å². The lowest BCUT2D eigenvalue weighted by Crippen LogP contribution is -2.31. The topological polar surface area (TPSA) is 38.1 Å². The molecule has 0 spiro atoms. The number of hydrogen-bond acceptors (Lipinski definition) is 2. The Bertz CT molecular complexity index is 900. The molecule has 0 bridgehead atoms. The fourth-order valence-corrected chi connectivity index (χ4v) is 4.01. The highest BCUT2D eigenvalue weighted by atomic mass is 16.2.